The van der Waals surface area contributed by atoms with Gasteiger partial charge in [-0.15, -0.1) is 12.4 Å². The van der Waals surface area contributed by atoms with E-state index >= 15 is 0 Å². The normalized spacial score (nSPS) is 20.3. The third-order valence-electron chi connectivity index (χ3n) is 4.99. The third kappa shape index (κ3) is 3.88. The Bertz CT molecular complexity index is 709. The van der Waals surface area contributed by atoms with Crippen LogP contribution in [0.25, 0.3) is 11.5 Å². The van der Waals surface area contributed by atoms with E-state index in [1.165, 1.54) is 0 Å². The van der Waals surface area contributed by atoms with Gasteiger partial charge in [0, 0.05) is 24.4 Å². The molecule has 1 fully saturated rings. The number of halogens is 1. The first-order chi connectivity index (χ1) is 11.8. The number of nitrogens with one attached hydrogen (secondary N) is 1. The minimum Gasteiger partial charge on any atom is -0.441 e. The summed E-state index contributed by atoms with van der Waals surface area (Å²) in [6.07, 6.45) is 3.77. The molecule has 1 aromatic heterocycles. The molecule has 1 atom stereocenters. The molecular formula is C19H24ClN3O2. The molecule has 1 unspecified atom stereocenters. The lowest BCUT2D eigenvalue weighted by Gasteiger charge is -2.28. The predicted octanol–water partition coefficient (Wildman–Crippen LogP) is 3.04. The molecule has 1 aromatic carbocycles. The molecule has 2 aromatic rings. The molecule has 0 saturated carbocycles. The Kier molecular flexibility index (Phi) is 5.76. The van der Waals surface area contributed by atoms with Gasteiger partial charge in [0.1, 0.15) is 11.5 Å². The molecule has 25 heavy (non-hydrogen) atoms. The number of oxazole rings is 1. The summed E-state index contributed by atoms with van der Waals surface area (Å²) in [5, 5.41) is 3.37. The van der Waals surface area contributed by atoms with Crippen molar-refractivity contribution in [2.75, 3.05) is 19.6 Å². The van der Waals surface area contributed by atoms with Crippen LogP contribution in [0.5, 0.6) is 0 Å². The average Bonchev–Trinajstić information content (AvgIpc) is 2.87. The smallest absolute Gasteiger partial charge is 0.226 e. The highest BCUT2D eigenvalue weighted by molar-refractivity contribution is 5.85. The maximum Gasteiger partial charge on any atom is 0.226 e. The monoisotopic (exact) mass is 361 g/mol. The number of carbonyl (C=O) groups is 1. The van der Waals surface area contributed by atoms with E-state index in [0.29, 0.717) is 12.4 Å². The van der Waals surface area contributed by atoms with Gasteiger partial charge in [-0.25, -0.2) is 4.98 Å². The lowest BCUT2D eigenvalue weighted by molar-refractivity contribution is -0.137. The lowest BCUT2D eigenvalue weighted by Crippen LogP contribution is -2.40. The minimum absolute atomic E-state index is 0. The maximum atomic E-state index is 12.8. The van der Waals surface area contributed by atoms with Gasteiger partial charge >= 0.3 is 0 Å². The second-order valence-corrected chi connectivity index (χ2v) is 6.64. The number of rotatable bonds is 2. The van der Waals surface area contributed by atoms with E-state index in [4.69, 9.17) is 4.42 Å². The number of aromatic nitrogens is 1. The van der Waals surface area contributed by atoms with Gasteiger partial charge in [0.15, 0.2) is 0 Å². The van der Waals surface area contributed by atoms with E-state index in [-0.39, 0.29) is 24.2 Å². The molecule has 6 heteroatoms. The summed E-state index contributed by atoms with van der Waals surface area (Å²) in [6, 6.07) is 9.94. The van der Waals surface area contributed by atoms with Crippen molar-refractivity contribution in [2.24, 2.45) is 5.92 Å². The van der Waals surface area contributed by atoms with Crippen LogP contribution in [0.2, 0.25) is 0 Å². The van der Waals surface area contributed by atoms with Crippen molar-refractivity contribution in [3.8, 4) is 11.5 Å². The van der Waals surface area contributed by atoms with Crippen LogP contribution in [0, 0.1) is 5.92 Å². The van der Waals surface area contributed by atoms with E-state index in [2.05, 4.69) is 10.3 Å². The third-order valence-corrected chi connectivity index (χ3v) is 4.99. The Hall–Kier alpha value is -1.85. The zero-order valence-electron chi connectivity index (χ0n) is 14.2. The lowest BCUT2D eigenvalue weighted by atomic mass is 9.98. The molecule has 1 saturated heterocycles. The summed E-state index contributed by atoms with van der Waals surface area (Å²) in [7, 11) is 0. The Morgan fingerprint density at radius 2 is 2.04 bits per heavy atom. The van der Waals surface area contributed by atoms with Gasteiger partial charge in [-0.05, 0) is 44.5 Å². The molecule has 4 rings (SSSR count). The van der Waals surface area contributed by atoms with Gasteiger partial charge in [0.2, 0.25) is 11.8 Å². The topological polar surface area (TPSA) is 58.4 Å². The fourth-order valence-electron chi connectivity index (χ4n) is 3.62. The Morgan fingerprint density at radius 3 is 2.88 bits per heavy atom. The average molecular weight is 362 g/mol. The van der Waals surface area contributed by atoms with Crippen molar-refractivity contribution >= 4 is 18.3 Å². The standard InChI is InChI=1S/C19H23N3O2.ClH/c23-19(15-7-4-10-20-11-8-15)22-12-9-17-16(13-22)21-18(24-17)14-5-2-1-3-6-14;/h1-3,5-6,15,20H,4,7-13H2;1H. The Balaban J connectivity index is 0.00000182. The van der Waals surface area contributed by atoms with Crippen LogP contribution in [0.3, 0.4) is 0 Å². The highest BCUT2D eigenvalue weighted by Crippen LogP contribution is 2.27. The molecule has 0 bridgehead atoms. The number of hydrogen-bond acceptors (Lipinski definition) is 4. The summed E-state index contributed by atoms with van der Waals surface area (Å²) >= 11 is 0. The molecule has 1 N–H and O–H groups in total. The molecule has 0 radical (unpaired) electrons. The summed E-state index contributed by atoms with van der Waals surface area (Å²) < 4.78 is 5.93. The molecule has 1 amide bonds. The van der Waals surface area contributed by atoms with Gasteiger partial charge in [-0.3, -0.25) is 4.79 Å². The van der Waals surface area contributed by atoms with Crippen LogP contribution in [0.1, 0.15) is 30.7 Å². The molecule has 0 spiro atoms. The van der Waals surface area contributed by atoms with Crippen LogP contribution < -0.4 is 5.32 Å². The summed E-state index contributed by atoms with van der Waals surface area (Å²) in [5.74, 6) is 2.03. The van der Waals surface area contributed by atoms with Crippen molar-refractivity contribution in [1.82, 2.24) is 15.2 Å². The summed E-state index contributed by atoms with van der Waals surface area (Å²) in [5.41, 5.74) is 1.90. The quantitative estimate of drug-likeness (QED) is 0.893. The zero-order valence-corrected chi connectivity index (χ0v) is 15.1. The first-order valence-corrected chi connectivity index (χ1v) is 8.85. The number of carbonyl (C=O) groups excluding carboxylic acids is 1. The van der Waals surface area contributed by atoms with Gasteiger partial charge in [0.05, 0.1) is 6.54 Å². The number of benzene rings is 1. The number of nitrogens with zero attached hydrogens (tertiary/aromatic N) is 2. The van der Waals surface area contributed by atoms with Gasteiger partial charge < -0.3 is 14.6 Å². The van der Waals surface area contributed by atoms with E-state index in [9.17, 15) is 4.79 Å². The van der Waals surface area contributed by atoms with E-state index in [1.54, 1.807) is 0 Å². The van der Waals surface area contributed by atoms with E-state index in [1.807, 2.05) is 35.2 Å². The van der Waals surface area contributed by atoms with E-state index in [0.717, 1.165) is 62.3 Å². The first-order valence-electron chi connectivity index (χ1n) is 8.85. The molecule has 2 aliphatic rings. The fraction of sp³-hybridized carbons (Fsp3) is 0.474. The van der Waals surface area contributed by atoms with Gasteiger partial charge in [-0.2, -0.15) is 0 Å². The molecule has 2 aliphatic heterocycles. The largest absolute Gasteiger partial charge is 0.441 e. The van der Waals surface area contributed by atoms with Crippen molar-refractivity contribution < 1.29 is 9.21 Å². The SMILES string of the molecule is Cl.O=C(C1CCCNCC1)N1CCc2oc(-c3ccccc3)nc2C1. The van der Waals surface area contributed by atoms with Crippen molar-refractivity contribution in [3.05, 3.63) is 41.8 Å². The highest BCUT2D eigenvalue weighted by Gasteiger charge is 2.30. The molecule has 0 aliphatic carbocycles. The van der Waals surface area contributed by atoms with Crippen LogP contribution in [0.4, 0.5) is 0 Å². The first kappa shape index (κ1) is 18.0. The minimum atomic E-state index is 0. The molecule has 5 nitrogen and oxygen atoms in total. The second kappa shape index (κ2) is 8.02. The molecule has 134 valence electrons. The zero-order chi connectivity index (χ0) is 16.4. The Labute approximate surface area is 154 Å². The molecular weight excluding hydrogens is 338 g/mol. The maximum absolute atomic E-state index is 12.8. The molecule has 3 heterocycles. The van der Waals surface area contributed by atoms with Crippen LogP contribution in [-0.4, -0.2) is 35.4 Å². The van der Waals surface area contributed by atoms with Gasteiger partial charge in [-0.1, -0.05) is 18.2 Å². The van der Waals surface area contributed by atoms with Crippen molar-refractivity contribution in [3.63, 3.8) is 0 Å². The van der Waals surface area contributed by atoms with Gasteiger partial charge in [0.25, 0.3) is 0 Å². The van der Waals surface area contributed by atoms with E-state index < -0.39 is 0 Å². The van der Waals surface area contributed by atoms with Crippen LogP contribution in [-0.2, 0) is 17.8 Å². The highest BCUT2D eigenvalue weighted by atomic mass is 35.5. The van der Waals surface area contributed by atoms with Crippen molar-refractivity contribution in [1.29, 1.82) is 0 Å². The predicted molar refractivity (Wildman–Crippen MR) is 98.5 cm³/mol. The number of hydrogen-bond donors (Lipinski definition) is 1. The van der Waals surface area contributed by atoms with Crippen molar-refractivity contribution in [2.45, 2.75) is 32.2 Å². The summed E-state index contributed by atoms with van der Waals surface area (Å²) in [4.78, 5) is 19.4. The summed E-state index contributed by atoms with van der Waals surface area (Å²) in [6.45, 7) is 3.28. The Morgan fingerprint density at radius 1 is 1.20 bits per heavy atom. The van der Waals surface area contributed by atoms with Crippen LogP contribution in [0.15, 0.2) is 34.7 Å². The number of fused-ring (bicyclic) bond motifs is 1. The second-order valence-electron chi connectivity index (χ2n) is 6.64. The fourth-order valence-corrected chi connectivity index (χ4v) is 3.62. The number of amides is 1. The van der Waals surface area contributed by atoms with Crippen LogP contribution >= 0.6 is 12.4 Å².